The lowest BCUT2D eigenvalue weighted by atomic mass is 10.2. The number of thioether (sulfide) groups is 1. The van der Waals surface area contributed by atoms with Crippen molar-refractivity contribution < 1.29 is 14.6 Å². The second-order valence-corrected chi connectivity index (χ2v) is 8.09. The number of fused-ring (bicyclic) bond motifs is 1. The van der Waals surface area contributed by atoms with Crippen LogP contribution < -0.4 is 15.7 Å². The van der Waals surface area contributed by atoms with Gasteiger partial charge in [-0.05, 0) is 73.2 Å². The van der Waals surface area contributed by atoms with Crippen LogP contribution in [0.1, 0.15) is 12.5 Å². The summed E-state index contributed by atoms with van der Waals surface area (Å²) in [5.74, 6) is 0.516. The molecule has 1 aromatic heterocycles. The molecular formula is C25H22N4O4S. The van der Waals surface area contributed by atoms with E-state index < -0.39 is 0 Å². The molecule has 0 aliphatic carbocycles. The number of phenols is 1. The minimum atomic E-state index is -0.347. The molecule has 34 heavy (non-hydrogen) atoms. The number of nitrogens with one attached hydrogen (secondary N) is 1. The fourth-order valence-electron chi connectivity index (χ4n) is 3.20. The molecule has 0 saturated heterocycles. The Labute approximate surface area is 199 Å². The SMILES string of the molecule is CCOc1ccc(-n2c(SCC(=O)N/N=C/c3ccc(O)cc3)nc3ccccc3c2=O)cc1. The maximum atomic E-state index is 13.3. The first-order valence-electron chi connectivity index (χ1n) is 10.5. The summed E-state index contributed by atoms with van der Waals surface area (Å²) < 4.78 is 6.99. The number of hydrogen-bond acceptors (Lipinski definition) is 7. The van der Waals surface area contributed by atoms with Crippen molar-refractivity contribution >= 4 is 34.8 Å². The molecule has 8 nitrogen and oxygen atoms in total. The Hall–Kier alpha value is -4.11. The van der Waals surface area contributed by atoms with Gasteiger partial charge < -0.3 is 9.84 Å². The van der Waals surface area contributed by atoms with E-state index in [0.717, 1.165) is 17.3 Å². The molecule has 3 aromatic carbocycles. The summed E-state index contributed by atoms with van der Waals surface area (Å²) in [4.78, 5) is 30.3. The molecule has 0 fully saturated rings. The van der Waals surface area contributed by atoms with Gasteiger partial charge in [-0.3, -0.25) is 14.2 Å². The topological polar surface area (TPSA) is 106 Å². The fourth-order valence-corrected chi connectivity index (χ4v) is 4.00. The van der Waals surface area contributed by atoms with Crippen molar-refractivity contribution in [3.63, 3.8) is 0 Å². The molecule has 0 spiro atoms. The van der Waals surface area contributed by atoms with Gasteiger partial charge in [-0.2, -0.15) is 5.10 Å². The molecule has 4 aromatic rings. The van der Waals surface area contributed by atoms with Gasteiger partial charge in [-0.25, -0.2) is 10.4 Å². The zero-order valence-electron chi connectivity index (χ0n) is 18.3. The van der Waals surface area contributed by atoms with Gasteiger partial charge >= 0.3 is 0 Å². The summed E-state index contributed by atoms with van der Waals surface area (Å²) in [5, 5.41) is 14.1. The summed E-state index contributed by atoms with van der Waals surface area (Å²) in [6, 6.07) is 20.7. The summed E-state index contributed by atoms with van der Waals surface area (Å²) in [5.41, 5.74) is 4.16. The van der Waals surface area contributed by atoms with E-state index in [4.69, 9.17) is 4.74 Å². The number of rotatable bonds is 8. The number of phenolic OH excluding ortho intramolecular Hbond substituents is 1. The number of carbonyl (C=O) groups is 1. The van der Waals surface area contributed by atoms with Crippen LogP contribution in [0, 0.1) is 0 Å². The van der Waals surface area contributed by atoms with E-state index in [1.807, 2.05) is 13.0 Å². The number of benzene rings is 3. The van der Waals surface area contributed by atoms with Crippen LogP contribution in [0.5, 0.6) is 11.5 Å². The number of hydrazone groups is 1. The van der Waals surface area contributed by atoms with Crippen LogP contribution in [0.15, 0.2) is 87.8 Å². The second-order valence-electron chi connectivity index (χ2n) is 7.15. The quantitative estimate of drug-likeness (QED) is 0.174. The van der Waals surface area contributed by atoms with E-state index in [1.54, 1.807) is 54.6 Å². The number of hydrogen-bond donors (Lipinski definition) is 2. The normalized spacial score (nSPS) is 11.1. The second kappa shape index (κ2) is 10.7. The first kappa shape index (κ1) is 23.1. The number of para-hydroxylation sites is 1. The van der Waals surface area contributed by atoms with Crippen LogP contribution in [0.25, 0.3) is 16.6 Å². The van der Waals surface area contributed by atoms with E-state index in [-0.39, 0.29) is 23.0 Å². The summed E-state index contributed by atoms with van der Waals surface area (Å²) in [6.45, 7) is 2.45. The third-order valence-corrected chi connectivity index (χ3v) is 5.72. The van der Waals surface area contributed by atoms with Crippen molar-refractivity contribution in [2.75, 3.05) is 12.4 Å². The van der Waals surface area contributed by atoms with E-state index in [0.29, 0.717) is 34.1 Å². The molecule has 2 N–H and O–H groups in total. The average Bonchev–Trinajstić information content (AvgIpc) is 2.85. The van der Waals surface area contributed by atoms with Gasteiger partial charge in [0.15, 0.2) is 5.16 Å². The zero-order valence-corrected chi connectivity index (χ0v) is 19.2. The van der Waals surface area contributed by atoms with Crippen LogP contribution in [-0.4, -0.2) is 39.1 Å². The average molecular weight is 475 g/mol. The lowest BCUT2D eigenvalue weighted by Crippen LogP contribution is -2.24. The highest BCUT2D eigenvalue weighted by Crippen LogP contribution is 2.23. The highest BCUT2D eigenvalue weighted by molar-refractivity contribution is 7.99. The third kappa shape index (κ3) is 5.44. The molecule has 0 aliphatic heterocycles. The molecular weight excluding hydrogens is 452 g/mol. The highest BCUT2D eigenvalue weighted by atomic mass is 32.2. The number of carbonyl (C=O) groups excluding carboxylic acids is 1. The van der Waals surface area contributed by atoms with E-state index in [1.165, 1.54) is 22.9 Å². The van der Waals surface area contributed by atoms with Crippen LogP contribution in [0.3, 0.4) is 0 Å². The first-order valence-corrected chi connectivity index (χ1v) is 11.5. The Kier molecular flexibility index (Phi) is 7.24. The molecule has 172 valence electrons. The fraction of sp³-hybridized carbons (Fsp3) is 0.120. The summed E-state index contributed by atoms with van der Waals surface area (Å²) in [6.07, 6.45) is 1.48. The number of aromatic nitrogens is 2. The Morgan fingerprint density at radius 1 is 1.12 bits per heavy atom. The Bertz CT molecular complexity index is 1380. The molecule has 0 aliphatic rings. The lowest BCUT2D eigenvalue weighted by Gasteiger charge is -2.13. The number of ether oxygens (including phenoxy) is 1. The van der Waals surface area contributed by atoms with Crippen molar-refractivity contribution in [1.29, 1.82) is 0 Å². The minimum Gasteiger partial charge on any atom is -0.508 e. The van der Waals surface area contributed by atoms with E-state index in [2.05, 4.69) is 15.5 Å². The predicted molar refractivity (Wildman–Crippen MR) is 133 cm³/mol. The molecule has 0 saturated carbocycles. The van der Waals surface area contributed by atoms with Crippen molar-refractivity contribution in [3.05, 3.63) is 88.7 Å². The minimum absolute atomic E-state index is 0.00866. The number of nitrogens with zero attached hydrogens (tertiary/aromatic N) is 3. The zero-order chi connectivity index (χ0) is 23.9. The molecule has 4 rings (SSSR count). The van der Waals surface area contributed by atoms with Crippen molar-refractivity contribution in [1.82, 2.24) is 15.0 Å². The number of aromatic hydroxyl groups is 1. The number of amides is 1. The van der Waals surface area contributed by atoms with Crippen molar-refractivity contribution in [2.45, 2.75) is 12.1 Å². The molecule has 0 radical (unpaired) electrons. The van der Waals surface area contributed by atoms with Gasteiger partial charge in [-0.15, -0.1) is 0 Å². The molecule has 0 atom stereocenters. The van der Waals surface area contributed by atoms with Crippen LogP contribution in [0.4, 0.5) is 0 Å². The molecule has 0 bridgehead atoms. The van der Waals surface area contributed by atoms with Crippen molar-refractivity contribution in [2.24, 2.45) is 5.10 Å². The first-order chi connectivity index (χ1) is 16.5. The highest BCUT2D eigenvalue weighted by Gasteiger charge is 2.15. The van der Waals surface area contributed by atoms with Crippen molar-refractivity contribution in [3.8, 4) is 17.2 Å². The van der Waals surface area contributed by atoms with Gasteiger partial charge in [0.2, 0.25) is 0 Å². The van der Waals surface area contributed by atoms with Gasteiger partial charge in [0.05, 0.1) is 35.2 Å². The van der Waals surface area contributed by atoms with E-state index >= 15 is 0 Å². The molecule has 1 heterocycles. The van der Waals surface area contributed by atoms with Gasteiger partial charge in [0, 0.05) is 0 Å². The third-order valence-electron chi connectivity index (χ3n) is 4.78. The smallest absolute Gasteiger partial charge is 0.266 e. The monoisotopic (exact) mass is 474 g/mol. The predicted octanol–water partition coefficient (Wildman–Crippen LogP) is 3.73. The standard InChI is InChI=1S/C25H22N4O4S/c1-2-33-20-13-9-18(10-14-20)29-24(32)21-5-3-4-6-22(21)27-25(29)34-16-23(31)28-26-15-17-7-11-19(30)12-8-17/h3-15,30H,2,16H2,1H3,(H,28,31)/b26-15+. The maximum Gasteiger partial charge on any atom is 0.266 e. The van der Waals surface area contributed by atoms with Gasteiger partial charge in [-0.1, -0.05) is 23.9 Å². The maximum absolute atomic E-state index is 13.3. The van der Waals surface area contributed by atoms with E-state index in [9.17, 15) is 14.7 Å². The molecule has 9 heteroatoms. The van der Waals surface area contributed by atoms with Crippen LogP contribution in [0.2, 0.25) is 0 Å². The van der Waals surface area contributed by atoms with Gasteiger partial charge in [0.25, 0.3) is 11.5 Å². The summed E-state index contributed by atoms with van der Waals surface area (Å²) in [7, 11) is 0. The summed E-state index contributed by atoms with van der Waals surface area (Å²) >= 11 is 1.14. The van der Waals surface area contributed by atoms with Gasteiger partial charge in [0.1, 0.15) is 11.5 Å². The Balaban J connectivity index is 1.56. The molecule has 1 amide bonds. The Morgan fingerprint density at radius 2 is 1.85 bits per heavy atom. The van der Waals surface area contributed by atoms with Crippen LogP contribution >= 0.6 is 11.8 Å². The van der Waals surface area contributed by atoms with Crippen LogP contribution in [-0.2, 0) is 4.79 Å². The Morgan fingerprint density at radius 3 is 2.59 bits per heavy atom. The molecule has 0 unspecified atom stereocenters. The lowest BCUT2D eigenvalue weighted by molar-refractivity contribution is -0.118. The largest absolute Gasteiger partial charge is 0.508 e.